The number of carbonyl (C=O) groups is 2. The molecule has 3 rings (SSSR count). The van der Waals surface area contributed by atoms with Gasteiger partial charge < -0.3 is 11.5 Å². The molecule has 28 heavy (non-hydrogen) atoms. The van der Waals surface area contributed by atoms with E-state index in [0.29, 0.717) is 35.3 Å². The Balaban J connectivity index is 1.59. The molecule has 0 spiro atoms. The van der Waals surface area contributed by atoms with Crippen LogP contribution in [0.25, 0.3) is 6.08 Å². The quantitative estimate of drug-likeness (QED) is 0.362. The number of hydrogen-bond donors (Lipinski definition) is 2. The van der Waals surface area contributed by atoms with Crippen LogP contribution in [-0.2, 0) is 6.42 Å². The van der Waals surface area contributed by atoms with E-state index in [1.165, 1.54) is 0 Å². The van der Waals surface area contributed by atoms with E-state index in [1.54, 1.807) is 42.5 Å². The molecule has 0 unspecified atom stereocenters. The first-order valence-electron chi connectivity index (χ1n) is 9.07. The summed E-state index contributed by atoms with van der Waals surface area (Å²) >= 11 is 0. The standard InChI is InChI=1S/C24H22N2O2/c25-21-14-20(15-22(26)16-21)24(28)13-9-18-6-10-19(11-7-18)23(27)12-8-17-4-2-1-3-5-17/h1-8,10-12,14-16H,9,13,25-26H2. The van der Waals surface area contributed by atoms with Crippen LogP contribution >= 0.6 is 0 Å². The second kappa shape index (κ2) is 8.82. The van der Waals surface area contributed by atoms with Crippen LogP contribution in [0.2, 0.25) is 0 Å². The van der Waals surface area contributed by atoms with Crippen molar-refractivity contribution in [1.29, 1.82) is 0 Å². The predicted octanol–water partition coefficient (Wildman–Crippen LogP) is 4.56. The number of nitrogens with two attached hydrogens (primary N) is 2. The first-order chi connectivity index (χ1) is 13.5. The number of carbonyl (C=O) groups excluding carboxylic acids is 2. The number of rotatable bonds is 7. The number of anilines is 2. The van der Waals surface area contributed by atoms with Crippen LogP contribution in [-0.4, -0.2) is 11.6 Å². The Labute approximate surface area is 164 Å². The molecule has 0 heterocycles. The van der Waals surface area contributed by atoms with Gasteiger partial charge in [0.1, 0.15) is 0 Å². The van der Waals surface area contributed by atoms with Crippen molar-refractivity contribution in [3.05, 3.63) is 101 Å². The highest BCUT2D eigenvalue weighted by atomic mass is 16.1. The molecule has 140 valence electrons. The van der Waals surface area contributed by atoms with Crippen molar-refractivity contribution in [2.45, 2.75) is 12.8 Å². The molecule has 0 saturated carbocycles. The molecule has 0 aliphatic rings. The molecule has 3 aromatic carbocycles. The molecule has 0 atom stereocenters. The number of aryl methyl sites for hydroxylation is 1. The lowest BCUT2D eigenvalue weighted by Gasteiger charge is -2.05. The highest BCUT2D eigenvalue weighted by Crippen LogP contribution is 2.17. The lowest BCUT2D eigenvalue weighted by Crippen LogP contribution is -2.04. The Kier molecular flexibility index (Phi) is 6.02. The number of Topliss-reactive ketones (excluding diaryl/α,β-unsaturated/α-hetero) is 1. The summed E-state index contributed by atoms with van der Waals surface area (Å²) in [5.74, 6) is -0.0633. The van der Waals surface area contributed by atoms with Gasteiger partial charge in [0.25, 0.3) is 0 Å². The summed E-state index contributed by atoms with van der Waals surface area (Å²) in [5, 5.41) is 0. The summed E-state index contributed by atoms with van der Waals surface area (Å²) in [7, 11) is 0. The van der Waals surface area contributed by atoms with Crippen LogP contribution in [0.1, 0.15) is 38.3 Å². The summed E-state index contributed by atoms with van der Waals surface area (Å²) < 4.78 is 0. The van der Waals surface area contributed by atoms with Crippen LogP contribution in [0.5, 0.6) is 0 Å². The van der Waals surface area contributed by atoms with E-state index in [1.807, 2.05) is 42.5 Å². The normalized spacial score (nSPS) is 10.9. The van der Waals surface area contributed by atoms with E-state index in [-0.39, 0.29) is 11.6 Å². The van der Waals surface area contributed by atoms with E-state index in [2.05, 4.69) is 0 Å². The summed E-state index contributed by atoms with van der Waals surface area (Å²) in [5.41, 5.74) is 15.6. The van der Waals surface area contributed by atoms with Crippen LogP contribution in [0.15, 0.2) is 78.9 Å². The fourth-order valence-corrected chi connectivity index (χ4v) is 2.91. The summed E-state index contributed by atoms with van der Waals surface area (Å²) in [6, 6.07) is 21.9. The molecule has 0 fully saturated rings. The molecule has 4 heteroatoms. The molecule has 0 aromatic heterocycles. The summed E-state index contributed by atoms with van der Waals surface area (Å²) in [4.78, 5) is 24.6. The van der Waals surface area contributed by atoms with E-state index in [4.69, 9.17) is 11.5 Å². The third-order valence-corrected chi connectivity index (χ3v) is 4.41. The van der Waals surface area contributed by atoms with Crippen LogP contribution in [0.3, 0.4) is 0 Å². The largest absolute Gasteiger partial charge is 0.399 e. The van der Waals surface area contributed by atoms with Crippen molar-refractivity contribution >= 4 is 29.0 Å². The molecule has 0 amide bonds. The first-order valence-corrected chi connectivity index (χ1v) is 9.07. The number of ketones is 2. The van der Waals surface area contributed by atoms with Crippen molar-refractivity contribution in [3.63, 3.8) is 0 Å². The molecule has 0 saturated heterocycles. The first kappa shape index (κ1) is 19.1. The molecule has 0 aliphatic carbocycles. The van der Waals surface area contributed by atoms with Gasteiger partial charge in [-0.1, -0.05) is 60.7 Å². The Hall–Kier alpha value is -3.66. The van der Waals surface area contributed by atoms with Crippen LogP contribution in [0, 0.1) is 0 Å². The molecule has 0 bridgehead atoms. The number of allylic oxidation sites excluding steroid dienone is 1. The lowest BCUT2D eigenvalue weighted by atomic mass is 10.00. The molecule has 0 aliphatic heterocycles. The van der Waals surface area contributed by atoms with Gasteiger partial charge in [0.15, 0.2) is 11.6 Å². The van der Waals surface area contributed by atoms with Crippen LogP contribution in [0.4, 0.5) is 11.4 Å². The molecular weight excluding hydrogens is 348 g/mol. The van der Waals surface area contributed by atoms with E-state index < -0.39 is 0 Å². The Morgan fingerprint density at radius 1 is 0.786 bits per heavy atom. The van der Waals surface area contributed by atoms with Gasteiger partial charge in [-0.3, -0.25) is 9.59 Å². The molecule has 3 aromatic rings. The van der Waals surface area contributed by atoms with Gasteiger partial charge in [0.2, 0.25) is 0 Å². The maximum atomic E-state index is 12.3. The monoisotopic (exact) mass is 370 g/mol. The predicted molar refractivity (Wildman–Crippen MR) is 114 cm³/mol. The molecular formula is C24H22N2O2. The van der Waals surface area contributed by atoms with Gasteiger partial charge in [0, 0.05) is 28.9 Å². The Morgan fingerprint density at radius 3 is 2.07 bits per heavy atom. The van der Waals surface area contributed by atoms with E-state index >= 15 is 0 Å². The third kappa shape index (κ3) is 5.17. The minimum Gasteiger partial charge on any atom is -0.399 e. The Morgan fingerprint density at radius 2 is 1.43 bits per heavy atom. The number of nitrogen functional groups attached to an aromatic ring is 2. The van der Waals surface area contributed by atoms with Crippen molar-refractivity contribution < 1.29 is 9.59 Å². The zero-order valence-corrected chi connectivity index (χ0v) is 15.5. The highest BCUT2D eigenvalue weighted by Gasteiger charge is 2.09. The second-order valence-corrected chi connectivity index (χ2v) is 6.62. The third-order valence-electron chi connectivity index (χ3n) is 4.41. The summed E-state index contributed by atoms with van der Waals surface area (Å²) in [6.07, 6.45) is 4.30. The smallest absolute Gasteiger partial charge is 0.185 e. The molecule has 0 radical (unpaired) electrons. The van der Waals surface area contributed by atoms with Crippen LogP contribution < -0.4 is 11.5 Å². The minimum absolute atomic E-state index is 0.00931. The minimum atomic E-state index is -0.0540. The molecule has 4 N–H and O–H groups in total. The number of hydrogen-bond acceptors (Lipinski definition) is 4. The summed E-state index contributed by atoms with van der Waals surface area (Å²) in [6.45, 7) is 0. The topological polar surface area (TPSA) is 86.2 Å². The fraction of sp³-hybridized carbons (Fsp3) is 0.0833. The van der Waals surface area contributed by atoms with Gasteiger partial charge in [-0.25, -0.2) is 0 Å². The average molecular weight is 370 g/mol. The van der Waals surface area contributed by atoms with Gasteiger partial charge >= 0.3 is 0 Å². The zero-order chi connectivity index (χ0) is 19.9. The average Bonchev–Trinajstić information content (AvgIpc) is 2.70. The van der Waals surface area contributed by atoms with Crippen molar-refractivity contribution in [1.82, 2.24) is 0 Å². The van der Waals surface area contributed by atoms with Crippen molar-refractivity contribution in [2.75, 3.05) is 11.5 Å². The Bertz CT molecular complexity index is 986. The van der Waals surface area contributed by atoms with Gasteiger partial charge in [-0.15, -0.1) is 0 Å². The maximum absolute atomic E-state index is 12.3. The fourth-order valence-electron chi connectivity index (χ4n) is 2.91. The van der Waals surface area contributed by atoms with Crippen molar-refractivity contribution in [2.24, 2.45) is 0 Å². The van der Waals surface area contributed by atoms with Gasteiger partial charge in [0.05, 0.1) is 0 Å². The zero-order valence-electron chi connectivity index (χ0n) is 15.5. The maximum Gasteiger partial charge on any atom is 0.185 e. The van der Waals surface area contributed by atoms with Gasteiger partial charge in [-0.2, -0.15) is 0 Å². The van der Waals surface area contributed by atoms with E-state index in [0.717, 1.165) is 11.1 Å². The number of benzene rings is 3. The van der Waals surface area contributed by atoms with Crippen molar-refractivity contribution in [3.8, 4) is 0 Å². The second-order valence-electron chi connectivity index (χ2n) is 6.62. The lowest BCUT2D eigenvalue weighted by molar-refractivity contribution is 0.0981. The highest BCUT2D eigenvalue weighted by molar-refractivity contribution is 6.06. The molecule has 4 nitrogen and oxygen atoms in total. The van der Waals surface area contributed by atoms with E-state index in [9.17, 15) is 9.59 Å². The SMILES string of the molecule is Nc1cc(N)cc(C(=O)CCc2ccc(C(=O)C=Cc3ccccc3)cc2)c1. The van der Waals surface area contributed by atoms with Gasteiger partial charge in [-0.05, 0) is 41.8 Å².